The van der Waals surface area contributed by atoms with Crippen LogP contribution in [0.5, 0.6) is 0 Å². The van der Waals surface area contributed by atoms with E-state index < -0.39 is 0 Å². The molecular formula is C14H11BrN4O. The number of anilines is 1. The van der Waals surface area contributed by atoms with Crippen molar-refractivity contribution in [3.63, 3.8) is 0 Å². The van der Waals surface area contributed by atoms with Crippen LogP contribution in [0, 0.1) is 6.92 Å². The Morgan fingerprint density at radius 2 is 2.10 bits per heavy atom. The zero-order valence-electron chi connectivity index (χ0n) is 10.7. The summed E-state index contributed by atoms with van der Waals surface area (Å²) in [6, 6.07) is 7.38. The minimum Gasteiger partial charge on any atom is -0.398 e. The highest BCUT2D eigenvalue weighted by Gasteiger charge is 2.13. The molecule has 2 heterocycles. The van der Waals surface area contributed by atoms with Crippen LogP contribution in [0.2, 0.25) is 0 Å². The molecule has 5 nitrogen and oxygen atoms in total. The summed E-state index contributed by atoms with van der Waals surface area (Å²) in [5, 5.41) is 4.01. The minimum atomic E-state index is 0.440. The Bertz CT molecular complexity index is 769. The Balaban J connectivity index is 2.02. The third kappa shape index (κ3) is 2.30. The highest BCUT2D eigenvalue weighted by Crippen LogP contribution is 2.28. The van der Waals surface area contributed by atoms with Crippen LogP contribution in [-0.2, 0) is 0 Å². The van der Waals surface area contributed by atoms with Gasteiger partial charge in [0.25, 0.3) is 5.89 Å². The number of nitrogens with zero attached hydrogens (tertiary/aromatic N) is 3. The lowest BCUT2D eigenvalue weighted by Gasteiger charge is -1.99. The molecule has 1 aromatic carbocycles. The molecule has 3 rings (SSSR count). The van der Waals surface area contributed by atoms with E-state index in [1.807, 2.05) is 25.1 Å². The normalized spacial score (nSPS) is 10.7. The van der Waals surface area contributed by atoms with E-state index in [-0.39, 0.29) is 0 Å². The fraction of sp³-hybridized carbons (Fsp3) is 0.0714. The summed E-state index contributed by atoms with van der Waals surface area (Å²) in [6.07, 6.45) is 3.47. The molecule has 0 atom stereocenters. The van der Waals surface area contributed by atoms with Gasteiger partial charge in [0.2, 0.25) is 5.82 Å². The average Bonchev–Trinajstić information content (AvgIpc) is 2.92. The van der Waals surface area contributed by atoms with Crippen molar-refractivity contribution in [1.29, 1.82) is 0 Å². The molecular weight excluding hydrogens is 320 g/mol. The zero-order valence-corrected chi connectivity index (χ0v) is 12.3. The third-order valence-electron chi connectivity index (χ3n) is 2.93. The Labute approximate surface area is 124 Å². The molecule has 0 unspecified atom stereocenters. The maximum atomic E-state index is 5.86. The van der Waals surface area contributed by atoms with Gasteiger partial charge in [0.1, 0.15) is 0 Å². The number of halogens is 1. The van der Waals surface area contributed by atoms with Crippen LogP contribution in [0.1, 0.15) is 5.56 Å². The highest BCUT2D eigenvalue weighted by atomic mass is 79.9. The number of hydrogen-bond acceptors (Lipinski definition) is 5. The second kappa shape index (κ2) is 5.05. The van der Waals surface area contributed by atoms with E-state index in [0.29, 0.717) is 17.4 Å². The molecule has 3 aromatic rings. The number of nitrogen functional groups attached to an aromatic ring is 1. The first-order valence-electron chi connectivity index (χ1n) is 5.95. The SMILES string of the molecule is Cc1cnccc1-c1noc(-c2ccc(Br)c(N)c2)n1. The van der Waals surface area contributed by atoms with E-state index in [0.717, 1.165) is 21.2 Å². The van der Waals surface area contributed by atoms with Crippen LogP contribution in [0.15, 0.2) is 45.7 Å². The lowest BCUT2D eigenvalue weighted by molar-refractivity contribution is 0.432. The van der Waals surface area contributed by atoms with Gasteiger partial charge in [-0.25, -0.2) is 0 Å². The molecule has 0 aliphatic rings. The molecule has 6 heteroatoms. The van der Waals surface area contributed by atoms with Gasteiger partial charge in [-0.2, -0.15) is 4.98 Å². The average molecular weight is 331 g/mol. The topological polar surface area (TPSA) is 77.8 Å². The maximum absolute atomic E-state index is 5.86. The van der Waals surface area contributed by atoms with Crippen molar-refractivity contribution in [3.05, 3.63) is 46.7 Å². The van der Waals surface area contributed by atoms with Crippen molar-refractivity contribution in [2.75, 3.05) is 5.73 Å². The number of hydrogen-bond donors (Lipinski definition) is 1. The summed E-state index contributed by atoms with van der Waals surface area (Å²) < 4.78 is 6.14. The van der Waals surface area contributed by atoms with Gasteiger partial charge in [-0.15, -0.1) is 0 Å². The standard InChI is InChI=1S/C14H11BrN4O/c1-8-7-17-5-4-10(8)13-18-14(20-19-13)9-2-3-11(15)12(16)6-9/h2-7H,16H2,1H3. The second-order valence-corrected chi connectivity index (χ2v) is 5.20. The van der Waals surface area contributed by atoms with E-state index >= 15 is 0 Å². The Hall–Kier alpha value is -2.21. The van der Waals surface area contributed by atoms with Crippen LogP contribution in [0.3, 0.4) is 0 Å². The number of pyridine rings is 1. The van der Waals surface area contributed by atoms with Crippen molar-refractivity contribution >= 4 is 21.6 Å². The summed E-state index contributed by atoms with van der Waals surface area (Å²) in [5.41, 5.74) is 9.17. The van der Waals surface area contributed by atoms with E-state index in [2.05, 4.69) is 31.1 Å². The third-order valence-corrected chi connectivity index (χ3v) is 3.65. The van der Waals surface area contributed by atoms with Gasteiger partial charge < -0.3 is 10.3 Å². The van der Waals surface area contributed by atoms with Gasteiger partial charge in [0, 0.05) is 33.7 Å². The number of nitrogens with two attached hydrogens (primary N) is 1. The van der Waals surface area contributed by atoms with Crippen LogP contribution in [0.4, 0.5) is 5.69 Å². The fourth-order valence-corrected chi connectivity index (χ4v) is 2.10. The summed E-state index contributed by atoms with van der Waals surface area (Å²) >= 11 is 3.35. The van der Waals surface area contributed by atoms with Crippen LogP contribution in [0.25, 0.3) is 22.8 Å². The van der Waals surface area contributed by atoms with Gasteiger partial charge in [0.15, 0.2) is 0 Å². The molecule has 2 aromatic heterocycles. The van der Waals surface area contributed by atoms with Crippen molar-refractivity contribution in [1.82, 2.24) is 15.1 Å². The first kappa shape index (κ1) is 12.8. The number of aryl methyl sites for hydroxylation is 1. The van der Waals surface area contributed by atoms with E-state index in [4.69, 9.17) is 10.3 Å². The molecule has 0 bridgehead atoms. The fourth-order valence-electron chi connectivity index (χ4n) is 1.85. The van der Waals surface area contributed by atoms with Crippen LogP contribution in [-0.4, -0.2) is 15.1 Å². The molecule has 2 N–H and O–H groups in total. The van der Waals surface area contributed by atoms with Crippen LogP contribution < -0.4 is 5.73 Å². The molecule has 0 amide bonds. The largest absolute Gasteiger partial charge is 0.398 e. The van der Waals surface area contributed by atoms with E-state index in [9.17, 15) is 0 Å². The van der Waals surface area contributed by atoms with Crippen molar-refractivity contribution in [2.24, 2.45) is 0 Å². The first-order valence-corrected chi connectivity index (χ1v) is 6.74. The highest BCUT2D eigenvalue weighted by molar-refractivity contribution is 9.10. The minimum absolute atomic E-state index is 0.440. The van der Waals surface area contributed by atoms with Crippen molar-refractivity contribution in [3.8, 4) is 22.8 Å². The molecule has 0 aliphatic heterocycles. The number of aromatic nitrogens is 3. The molecule has 0 saturated carbocycles. The molecule has 100 valence electrons. The van der Waals surface area contributed by atoms with Gasteiger partial charge in [-0.05, 0) is 52.7 Å². The predicted octanol–water partition coefficient (Wildman–Crippen LogP) is 3.45. The molecule has 0 radical (unpaired) electrons. The summed E-state index contributed by atoms with van der Waals surface area (Å²) in [5.74, 6) is 0.983. The van der Waals surface area contributed by atoms with Gasteiger partial charge >= 0.3 is 0 Å². The number of benzene rings is 1. The molecule has 0 saturated heterocycles. The Kier molecular flexibility index (Phi) is 3.23. The molecule has 0 fully saturated rings. The van der Waals surface area contributed by atoms with Gasteiger partial charge in [0.05, 0.1) is 0 Å². The predicted molar refractivity (Wildman–Crippen MR) is 79.8 cm³/mol. The van der Waals surface area contributed by atoms with E-state index in [1.165, 1.54) is 0 Å². The molecule has 0 spiro atoms. The summed E-state index contributed by atoms with van der Waals surface area (Å²) in [4.78, 5) is 8.45. The lowest BCUT2D eigenvalue weighted by Crippen LogP contribution is -1.88. The summed E-state index contributed by atoms with van der Waals surface area (Å²) in [6.45, 7) is 1.95. The zero-order chi connectivity index (χ0) is 14.1. The summed E-state index contributed by atoms with van der Waals surface area (Å²) in [7, 11) is 0. The monoisotopic (exact) mass is 330 g/mol. The van der Waals surface area contributed by atoms with Crippen LogP contribution >= 0.6 is 15.9 Å². The quantitative estimate of drug-likeness (QED) is 0.728. The van der Waals surface area contributed by atoms with Crippen molar-refractivity contribution in [2.45, 2.75) is 6.92 Å². The lowest BCUT2D eigenvalue weighted by atomic mass is 10.1. The van der Waals surface area contributed by atoms with Gasteiger partial charge in [-0.3, -0.25) is 4.98 Å². The molecule has 0 aliphatic carbocycles. The Morgan fingerprint density at radius 1 is 1.25 bits per heavy atom. The Morgan fingerprint density at radius 3 is 2.85 bits per heavy atom. The van der Waals surface area contributed by atoms with Crippen molar-refractivity contribution < 1.29 is 4.52 Å². The van der Waals surface area contributed by atoms with E-state index in [1.54, 1.807) is 18.5 Å². The van der Waals surface area contributed by atoms with Gasteiger partial charge in [-0.1, -0.05) is 5.16 Å². The first-order chi connectivity index (χ1) is 9.65. The smallest absolute Gasteiger partial charge is 0.258 e. The maximum Gasteiger partial charge on any atom is 0.258 e. The number of rotatable bonds is 2. The molecule has 20 heavy (non-hydrogen) atoms. The second-order valence-electron chi connectivity index (χ2n) is 4.35.